The van der Waals surface area contributed by atoms with Crippen molar-refractivity contribution < 1.29 is 14.7 Å². The average Bonchev–Trinajstić information content (AvgIpc) is 2.19. The summed E-state index contributed by atoms with van der Waals surface area (Å²) in [4.78, 5) is 23.2. The molecule has 1 heterocycles. The molecule has 1 aromatic carbocycles. The Bertz CT molecular complexity index is 444. The first-order valence-electron chi connectivity index (χ1n) is 4.43. The van der Waals surface area contributed by atoms with Crippen LogP contribution in [0.4, 0.5) is 4.79 Å². The van der Waals surface area contributed by atoms with Crippen LogP contribution in [0, 0.1) is 0 Å². The third kappa shape index (κ3) is 1.87. The third-order valence-corrected chi connectivity index (χ3v) is 4.68. The van der Waals surface area contributed by atoms with E-state index >= 15 is 0 Å². The van der Waals surface area contributed by atoms with E-state index in [0.717, 1.165) is 0 Å². The van der Waals surface area contributed by atoms with E-state index < -0.39 is 16.2 Å². The van der Waals surface area contributed by atoms with Crippen LogP contribution in [-0.4, -0.2) is 21.9 Å². The van der Waals surface area contributed by atoms with Crippen LogP contribution in [0.25, 0.3) is 0 Å². The molecule has 1 atom stereocenters. The minimum absolute atomic E-state index is 0.00694. The van der Waals surface area contributed by atoms with Crippen molar-refractivity contribution in [3.05, 3.63) is 28.8 Å². The minimum Gasteiger partial charge on any atom is -0.474 e. The van der Waals surface area contributed by atoms with E-state index in [2.05, 4.69) is 0 Å². The molecule has 5 heteroatoms. The summed E-state index contributed by atoms with van der Waals surface area (Å²) in [5.74, 6) is 0.436. The Labute approximate surface area is 94.4 Å². The van der Waals surface area contributed by atoms with Gasteiger partial charge in [0.15, 0.2) is 5.78 Å². The van der Waals surface area contributed by atoms with Crippen LogP contribution < -0.4 is 0 Å². The number of ketones is 1. The highest BCUT2D eigenvalue weighted by atomic mass is 35.5. The Hall–Kier alpha value is -1.00. The molecule has 2 rings (SSSR count). The number of benzene rings is 1. The van der Waals surface area contributed by atoms with Gasteiger partial charge < -0.3 is 5.11 Å². The van der Waals surface area contributed by atoms with Crippen LogP contribution in [0.2, 0.25) is 5.02 Å². The predicted octanol–water partition coefficient (Wildman–Crippen LogP) is 2.96. The molecule has 0 amide bonds. The van der Waals surface area contributed by atoms with Gasteiger partial charge in [0.2, 0.25) is 0 Å². The quantitative estimate of drug-likeness (QED) is 0.690. The Morgan fingerprint density at radius 2 is 2.20 bits per heavy atom. The van der Waals surface area contributed by atoms with Gasteiger partial charge in [-0.1, -0.05) is 11.6 Å². The van der Waals surface area contributed by atoms with Crippen LogP contribution in [0.5, 0.6) is 0 Å². The summed E-state index contributed by atoms with van der Waals surface area (Å²) < 4.78 is 0. The lowest BCUT2D eigenvalue weighted by Crippen LogP contribution is -2.15. The van der Waals surface area contributed by atoms with Crippen molar-refractivity contribution in [1.29, 1.82) is 0 Å². The normalized spacial score (nSPS) is 22.2. The molecule has 0 spiro atoms. The lowest BCUT2D eigenvalue weighted by molar-refractivity contribution is 0.0984. The molecule has 0 aromatic heterocycles. The van der Waals surface area contributed by atoms with Gasteiger partial charge in [-0.25, -0.2) is 4.79 Å². The maximum atomic E-state index is 11.6. The van der Waals surface area contributed by atoms with Gasteiger partial charge in [0, 0.05) is 21.9 Å². The van der Waals surface area contributed by atoms with E-state index in [9.17, 15) is 9.59 Å². The van der Waals surface area contributed by atoms with Crippen molar-refractivity contribution in [1.82, 2.24) is 0 Å². The highest BCUT2D eigenvalue weighted by Crippen LogP contribution is 2.44. The fourth-order valence-electron chi connectivity index (χ4n) is 1.63. The fourth-order valence-corrected chi connectivity index (χ4v) is 3.61. The molecule has 3 nitrogen and oxygen atoms in total. The fraction of sp³-hybridized carbons (Fsp3) is 0.200. The van der Waals surface area contributed by atoms with Crippen LogP contribution in [0.3, 0.4) is 0 Å². The lowest BCUT2D eigenvalue weighted by atomic mass is 10.1. The number of fused-ring (bicyclic) bond motifs is 1. The number of Topliss-reactive ketones (excluding diaryl/α,β-unsaturated/α-hetero) is 1. The van der Waals surface area contributed by atoms with E-state index in [-0.39, 0.29) is 5.78 Å². The molecule has 0 fully saturated rings. The summed E-state index contributed by atoms with van der Waals surface area (Å²) in [6, 6.07) is 4.86. The Kier molecular flexibility index (Phi) is 2.71. The van der Waals surface area contributed by atoms with Crippen LogP contribution >= 0.6 is 22.5 Å². The van der Waals surface area contributed by atoms with Gasteiger partial charge in [-0.3, -0.25) is 4.79 Å². The van der Waals surface area contributed by atoms with Crippen molar-refractivity contribution in [3.8, 4) is 0 Å². The number of hydrogen-bond donors (Lipinski definition) is 2. The topological polar surface area (TPSA) is 54.4 Å². The summed E-state index contributed by atoms with van der Waals surface area (Å²) in [5, 5.41) is 8.68. The second-order valence-electron chi connectivity index (χ2n) is 3.27. The summed E-state index contributed by atoms with van der Waals surface area (Å²) in [7, 11) is -1.25. The van der Waals surface area contributed by atoms with E-state index in [0.29, 0.717) is 27.7 Å². The van der Waals surface area contributed by atoms with Crippen molar-refractivity contribution in [2.75, 3.05) is 5.75 Å². The van der Waals surface area contributed by atoms with Crippen molar-refractivity contribution in [2.45, 2.75) is 11.3 Å². The summed E-state index contributed by atoms with van der Waals surface area (Å²) >= 11 is 5.78. The smallest absolute Gasteiger partial charge is 0.348 e. The number of carboxylic acid groups (broad SMARTS) is 1. The zero-order valence-corrected chi connectivity index (χ0v) is 9.39. The van der Waals surface area contributed by atoms with Crippen molar-refractivity contribution in [3.63, 3.8) is 0 Å². The second kappa shape index (κ2) is 3.87. The van der Waals surface area contributed by atoms with Gasteiger partial charge in [-0.2, -0.15) is 0 Å². The SMILES string of the molecule is O=C1CC[SH](C(=O)O)c2ccc(Cl)cc21. The number of thiol groups is 1. The maximum absolute atomic E-state index is 11.6. The van der Waals surface area contributed by atoms with Gasteiger partial charge in [0.25, 0.3) is 0 Å². The molecule has 1 aliphatic rings. The van der Waals surface area contributed by atoms with Gasteiger partial charge in [-0.15, -0.1) is 10.9 Å². The standard InChI is InChI=1S/C10H9ClO3S/c11-6-1-2-9-7(5-6)8(12)3-4-15(9)10(13)14/h1-2,5,15H,3-4H2,(H,13,14). The average molecular weight is 245 g/mol. The molecule has 1 aliphatic heterocycles. The van der Waals surface area contributed by atoms with Crippen LogP contribution in [0.15, 0.2) is 23.1 Å². The maximum Gasteiger partial charge on any atom is 0.348 e. The Balaban J connectivity index is 2.55. The zero-order valence-electron chi connectivity index (χ0n) is 7.74. The number of rotatable bonds is 0. The van der Waals surface area contributed by atoms with Crippen LogP contribution in [-0.2, 0) is 0 Å². The third-order valence-electron chi connectivity index (χ3n) is 2.34. The highest BCUT2D eigenvalue weighted by Gasteiger charge is 2.27. The second-order valence-corrected chi connectivity index (χ2v) is 5.87. The summed E-state index contributed by atoms with van der Waals surface area (Å²) in [5.41, 5.74) is 0.488. The monoisotopic (exact) mass is 244 g/mol. The first kappa shape index (κ1) is 10.5. The first-order chi connectivity index (χ1) is 7.09. The van der Waals surface area contributed by atoms with E-state index in [1.807, 2.05) is 0 Å². The molecule has 0 aliphatic carbocycles. The van der Waals surface area contributed by atoms with Gasteiger partial charge in [-0.05, 0) is 24.0 Å². The number of carbonyl (C=O) groups is 2. The van der Waals surface area contributed by atoms with Crippen molar-refractivity contribution >= 4 is 33.6 Å². The molecule has 0 saturated carbocycles. The molecule has 0 saturated heterocycles. The Morgan fingerprint density at radius 3 is 2.87 bits per heavy atom. The largest absolute Gasteiger partial charge is 0.474 e. The molecule has 15 heavy (non-hydrogen) atoms. The predicted molar refractivity (Wildman–Crippen MR) is 60.5 cm³/mol. The van der Waals surface area contributed by atoms with Crippen LogP contribution in [0.1, 0.15) is 16.8 Å². The molecule has 1 unspecified atom stereocenters. The van der Waals surface area contributed by atoms with E-state index in [1.54, 1.807) is 18.2 Å². The summed E-state index contributed by atoms with van der Waals surface area (Å²) in [6.07, 6.45) is 0.311. The van der Waals surface area contributed by atoms with E-state index in [1.165, 1.54) is 0 Å². The number of halogens is 1. The zero-order chi connectivity index (χ0) is 11.0. The molecular weight excluding hydrogens is 236 g/mol. The first-order valence-corrected chi connectivity index (χ1v) is 6.33. The molecular formula is C10H9ClO3S. The molecule has 80 valence electrons. The minimum atomic E-state index is -1.25. The lowest BCUT2D eigenvalue weighted by Gasteiger charge is -2.24. The Morgan fingerprint density at radius 1 is 1.47 bits per heavy atom. The van der Waals surface area contributed by atoms with E-state index in [4.69, 9.17) is 16.7 Å². The van der Waals surface area contributed by atoms with Crippen molar-refractivity contribution in [2.24, 2.45) is 0 Å². The van der Waals surface area contributed by atoms with Gasteiger partial charge in [0.05, 0.1) is 0 Å². The molecule has 0 bridgehead atoms. The summed E-state index contributed by atoms with van der Waals surface area (Å²) in [6.45, 7) is 0. The van der Waals surface area contributed by atoms with Gasteiger partial charge in [0.1, 0.15) is 0 Å². The highest BCUT2D eigenvalue weighted by molar-refractivity contribution is 8.29. The molecule has 1 aromatic rings. The van der Waals surface area contributed by atoms with Gasteiger partial charge >= 0.3 is 5.30 Å². The number of carbonyl (C=O) groups excluding carboxylic acids is 1. The number of hydrogen-bond acceptors (Lipinski definition) is 2. The molecule has 1 N–H and O–H groups in total. The molecule has 0 radical (unpaired) electrons.